The van der Waals surface area contributed by atoms with E-state index in [0.717, 1.165) is 0 Å². The van der Waals surface area contributed by atoms with Gasteiger partial charge in [0.05, 0.1) is 0 Å². The molecule has 1 aromatic heterocycles. The Morgan fingerprint density at radius 3 is 2.53 bits per heavy atom. The largest absolute Gasteiger partial charge is 0.477 e. The molecule has 1 saturated heterocycles. The maximum absolute atomic E-state index is 11.9. The zero-order valence-corrected chi connectivity index (χ0v) is 11.0. The van der Waals surface area contributed by atoms with Gasteiger partial charge in [-0.3, -0.25) is 9.00 Å². The highest BCUT2D eigenvalue weighted by Gasteiger charge is 2.21. The molecule has 0 atom stereocenters. The van der Waals surface area contributed by atoms with Gasteiger partial charge in [0.2, 0.25) is 0 Å². The van der Waals surface area contributed by atoms with Crippen molar-refractivity contribution in [2.75, 3.05) is 11.5 Å². The summed E-state index contributed by atoms with van der Waals surface area (Å²) in [4.78, 5) is 26.5. The van der Waals surface area contributed by atoms with Crippen molar-refractivity contribution in [3.63, 3.8) is 0 Å². The molecule has 0 unspecified atom stereocenters. The van der Waals surface area contributed by atoms with Crippen LogP contribution >= 0.6 is 0 Å². The molecule has 0 aromatic carbocycles. The molecule has 0 aliphatic carbocycles. The predicted octanol–water partition coefficient (Wildman–Crippen LogP) is 0.421. The van der Waals surface area contributed by atoms with Crippen molar-refractivity contribution in [1.29, 1.82) is 0 Å². The van der Waals surface area contributed by atoms with E-state index in [1.807, 2.05) is 0 Å². The molecule has 0 spiro atoms. The van der Waals surface area contributed by atoms with Crippen molar-refractivity contribution in [1.82, 2.24) is 10.3 Å². The number of carboxylic acid groups (broad SMARTS) is 1. The number of aromatic nitrogens is 1. The lowest BCUT2D eigenvalue weighted by Crippen LogP contribution is -2.39. The van der Waals surface area contributed by atoms with E-state index in [9.17, 15) is 13.8 Å². The first-order valence-corrected chi connectivity index (χ1v) is 7.41. The van der Waals surface area contributed by atoms with Gasteiger partial charge >= 0.3 is 5.97 Å². The van der Waals surface area contributed by atoms with Gasteiger partial charge in [0, 0.05) is 28.3 Å². The summed E-state index contributed by atoms with van der Waals surface area (Å²) in [6.45, 7) is 0. The van der Waals surface area contributed by atoms with E-state index >= 15 is 0 Å². The van der Waals surface area contributed by atoms with Crippen LogP contribution < -0.4 is 5.32 Å². The van der Waals surface area contributed by atoms with Gasteiger partial charge in [-0.1, -0.05) is 6.07 Å². The van der Waals surface area contributed by atoms with Crippen molar-refractivity contribution < 1.29 is 18.9 Å². The van der Waals surface area contributed by atoms with E-state index in [2.05, 4.69) is 10.3 Å². The van der Waals surface area contributed by atoms with Gasteiger partial charge in [-0.25, -0.2) is 9.78 Å². The van der Waals surface area contributed by atoms with Crippen molar-refractivity contribution in [2.45, 2.75) is 18.9 Å². The van der Waals surface area contributed by atoms with Gasteiger partial charge in [-0.05, 0) is 25.0 Å². The summed E-state index contributed by atoms with van der Waals surface area (Å²) < 4.78 is 11.2. The number of carbonyl (C=O) groups excluding carboxylic acids is 1. The zero-order chi connectivity index (χ0) is 13.8. The molecule has 19 heavy (non-hydrogen) atoms. The molecule has 1 fully saturated rings. The van der Waals surface area contributed by atoms with Gasteiger partial charge < -0.3 is 10.4 Å². The van der Waals surface area contributed by atoms with Gasteiger partial charge in [0.1, 0.15) is 11.4 Å². The van der Waals surface area contributed by atoms with Crippen molar-refractivity contribution in [3.05, 3.63) is 29.6 Å². The Labute approximate surface area is 112 Å². The molecular weight excluding hydrogens is 268 g/mol. The van der Waals surface area contributed by atoms with Crippen LogP contribution in [0.4, 0.5) is 0 Å². The fraction of sp³-hybridized carbons (Fsp3) is 0.417. The number of nitrogens with one attached hydrogen (secondary N) is 1. The molecule has 7 heteroatoms. The summed E-state index contributed by atoms with van der Waals surface area (Å²) in [5.41, 5.74) is -0.0657. The molecule has 0 saturated carbocycles. The summed E-state index contributed by atoms with van der Waals surface area (Å²) in [6, 6.07) is 4.29. The molecule has 102 valence electrons. The van der Waals surface area contributed by atoms with E-state index in [-0.39, 0.29) is 23.3 Å². The molecule has 1 aliphatic heterocycles. The minimum atomic E-state index is -1.16. The molecule has 0 bridgehead atoms. The number of amides is 1. The number of hydrogen-bond donors (Lipinski definition) is 2. The van der Waals surface area contributed by atoms with Crippen LogP contribution in [0.25, 0.3) is 0 Å². The maximum atomic E-state index is 11.9. The third kappa shape index (κ3) is 3.60. The first kappa shape index (κ1) is 13.7. The summed E-state index contributed by atoms with van der Waals surface area (Å²) >= 11 is 0. The van der Waals surface area contributed by atoms with Crippen LogP contribution in [0.2, 0.25) is 0 Å². The first-order valence-electron chi connectivity index (χ1n) is 5.92. The second-order valence-electron chi connectivity index (χ2n) is 4.31. The van der Waals surface area contributed by atoms with Crippen LogP contribution in [0, 0.1) is 0 Å². The average molecular weight is 282 g/mol. The van der Waals surface area contributed by atoms with Crippen LogP contribution in [0.1, 0.15) is 33.8 Å². The highest BCUT2D eigenvalue weighted by molar-refractivity contribution is 7.85. The third-order valence-electron chi connectivity index (χ3n) is 2.92. The first-order chi connectivity index (χ1) is 9.06. The Morgan fingerprint density at radius 2 is 1.89 bits per heavy atom. The SMILES string of the molecule is O=C(O)c1cccc(C(=O)NC2CCS(=O)CC2)n1. The van der Waals surface area contributed by atoms with Crippen molar-refractivity contribution in [2.24, 2.45) is 0 Å². The number of rotatable bonds is 3. The molecule has 1 aliphatic rings. The molecule has 6 nitrogen and oxygen atoms in total. The Bertz CT molecular complexity index is 522. The smallest absolute Gasteiger partial charge is 0.354 e. The average Bonchev–Trinajstić information content (AvgIpc) is 2.41. The molecule has 0 radical (unpaired) electrons. The normalized spacial score (nSPS) is 22.7. The number of carbonyl (C=O) groups is 2. The summed E-state index contributed by atoms with van der Waals surface area (Å²) in [6.07, 6.45) is 1.36. The quantitative estimate of drug-likeness (QED) is 0.837. The number of aromatic carboxylic acids is 1. The molecule has 1 amide bonds. The second-order valence-corrected chi connectivity index (χ2v) is 6.01. The van der Waals surface area contributed by atoms with E-state index < -0.39 is 16.8 Å². The van der Waals surface area contributed by atoms with Crippen molar-refractivity contribution in [3.8, 4) is 0 Å². The topological polar surface area (TPSA) is 96.4 Å². The number of hydrogen-bond acceptors (Lipinski definition) is 4. The molecular formula is C12H14N2O4S. The Hall–Kier alpha value is -1.76. The fourth-order valence-electron chi connectivity index (χ4n) is 1.88. The van der Waals surface area contributed by atoms with E-state index in [1.165, 1.54) is 18.2 Å². The summed E-state index contributed by atoms with van der Waals surface area (Å²) in [5, 5.41) is 11.6. The van der Waals surface area contributed by atoms with Crippen LogP contribution in [0.3, 0.4) is 0 Å². The van der Waals surface area contributed by atoms with Gasteiger partial charge in [0.25, 0.3) is 5.91 Å². The summed E-state index contributed by atoms with van der Waals surface area (Å²) in [7, 11) is -0.775. The lowest BCUT2D eigenvalue weighted by atomic mass is 10.1. The Morgan fingerprint density at radius 1 is 1.26 bits per heavy atom. The predicted molar refractivity (Wildman–Crippen MR) is 69.6 cm³/mol. The fourth-order valence-corrected chi connectivity index (χ4v) is 3.18. The standard InChI is InChI=1S/C12H14N2O4S/c15-11(13-8-4-6-19(18)7-5-8)9-2-1-3-10(14-9)12(16)17/h1-3,8H,4-7H2,(H,13,15)(H,16,17). The van der Waals surface area contributed by atoms with Crippen LogP contribution in [-0.4, -0.2) is 43.7 Å². The minimum Gasteiger partial charge on any atom is -0.477 e. The number of pyridine rings is 1. The van der Waals surface area contributed by atoms with Gasteiger partial charge in [-0.2, -0.15) is 0 Å². The second kappa shape index (κ2) is 5.92. The molecule has 1 aromatic rings. The highest BCUT2D eigenvalue weighted by atomic mass is 32.2. The Balaban J connectivity index is 2.01. The Kier molecular flexibility index (Phi) is 4.26. The lowest BCUT2D eigenvalue weighted by Gasteiger charge is -2.22. The van der Waals surface area contributed by atoms with E-state index in [4.69, 9.17) is 5.11 Å². The molecule has 2 N–H and O–H groups in total. The summed E-state index contributed by atoms with van der Waals surface area (Å²) in [5.74, 6) is -0.371. The van der Waals surface area contributed by atoms with E-state index in [0.29, 0.717) is 24.3 Å². The maximum Gasteiger partial charge on any atom is 0.354 e. The molecule has 2 rings (SSSR count). The van der Waals surface area contributed by atoms with Crippen LogP contribution in [0.15, 0.2) is 18.2 Å². The van der Waals surface area contributed by atoms with E-state index in [1.54, 1.807) is 0 Å². The third-order valence-corrected chi connectivity index (χ3v) is 4.31. The van der Waals surface area contributed by atoms with Crippen molar-refractivity contribution >= 4 is 22.7 Å². The monoisotopic (exact) mass is 282 g/mol. The minimum absolute atomic E-state index is 0.0134. The highest BCUT2D eigenvalue weighted by Crippen LogP contribution is 2.10. The number of carboxylic acids is 1. The zero-order valence-electron chi connectivity index (χ0n) is 10.2. The number of nitrogens with zero attached hydrogens (tertiary/aromatic N) is 1. The van der Waals surface area contributed by atoms with Crippen LogP contribution in [0.5, 0.6) is 0 Å². The van der Waals surface area contributed by atoms with Gasteiger partial charge in [0.15, 0.2) is 0 Å². The molecule has 2 heterocycles. The van der Waals surface area contributed by atoms with Crippen LogP contribution in [-0.2, 0) is 10.8 Å². The van der Waals surface area contributed by atoms with Gasteiger partial charge in [-0.15, -0.1) is 0 Å². The lowest BCUT2D eigenvalue weighted by molar-refractivity contribution is 0.0690.